The van der Waals surface area contributed by atoms with Crippen LogP contribution >= 0.6 is 22.7 Å². The van der Waals surface area contributed by atoms with Crippen molar-refractivity contribution >= 4 is 28.7 Å². The fourth-order valence-electron chi connectivity index (χ4n) is 9.08. The van der Waals surface area contributed by atoms with Crippen molar-refractivity contribution in [3.63, 3.8) is 0 Å². The summed E-state index contributed by atoms with van der Waals surface area (Å²) < 4.78 is 12.4. The molecule has 0 amide bonds. The van der Waals surface area contributed by atoms with E-state index in [-0.39, 0.29) is 17.3 Å². The zero-order valence-corrected chi connectivity index (χ0v) is 28.2. The molecule has 5 nitrogen and oxygen atoms in total. The van der Waals surface area contributed by atoms with E-state index in [1.54, 1.807) is 11.3 Å². The van der Waals surface area contributed by atoms with E-state index in [0.717, 1.165) is 57.0 Å². The lowest BCUT2D eigenvalue weighted by Crippen LogP contribution is -2.49. The van der Waals surface area contributed by atoms with Crippen molar-refractivity contribution in [1.82, 2.24) is 9.80 Å². The standard InChI is InChI=1S/C19H26N2OS.C18H25NOS/c20-13-16-12-18-17(6-11-23-18)19(22-16)7-9-21(10-8-19)14-15-4-2-1-3-5-15;1-2-4-15(5-3-1)14-19-10-8-18(9-11-19)16-7-13-21-17(16)6-12-20-18/h6,11,15-16H,1-5,7-10,12,14H2;6-7,12-13,15H,1-5,8-11,14H2. The highest BCUT2D eigenvalue weighted by Gasteiger charge is 2.45. The second-order valence-electron chi connectivity index (χ2n) is 14.4. The summed E-state index contributed by atoms with van der Waals surface area (Å²) in [5, 5.41) is 13.7. The molecular weight excluding hydrogens is 583 g/mol. The molecule has 0 aromatic carbocycles. The van der Waals surface area contributed by atoms with E-state index in [1.165, 1.54) is 111 Å². The minimum atomic E-state index is -0.258. The van der Waals surface area contributed by atoms with Gasteiger partial charge >= 0.3 is 0 Å². The highest BCUT2D eigenvalue weighted by molar-refractivity contribution is 7.11. The van der Waals surface area contributed by atoms with Gasteiger partial charge in [0.1, 0.15) is 11.7 Å². The summed E-state index contributed by atoms with van der Waals surface area (Å²) in [6, 6.07) is 6.87. The quantitative estimate of drug-likeness (QED) is 0.337. The summed E-state index contributed by atoms with van der Waals surface area (Å²) in [6.45, 7) is 7.21. The first-order valence-electron chi connectivity index (χ1n) is 17.7. The van der Waals surface area contributed by atoms with E-state index >= 15 is 0 Å². The maximum absolute atomic E-state index is 9.36. The average Bonchev–Trinajstić information content (AvgIpc) is 3.76. The molecule has 44 heavy (non-hydrogen) atoms. The van der Waals surface area contributed by atoms with Crippen LogP contribution in [-0.2, 0) is 27.1 Å². The maximum Gasteiger partial charge on any atom is 0.150 e. The molecule has 238 valence electrons. The van der Waals surface area contributed by atoms with E-state index in [1.807, 2.05) is 17.6 Å². The Morgan fingerprint density at radius 3 is 1.93 bits per heavy atom. The second kappa shape index (κ2) is 14.0. The van der Waals surface area contributed by atoms with Crippen molar-refractivity contribution in [2.45, 2.75) is 114 Å². The molecule has 2 spiro atoms. The highest BCUT2D eigenvalue weighted by atomic mass is 32.1. The Bertz CT molecular complexity index is 1280. The monoisotopic (exact) mass is 633 g/mol. The van der Waals surface area contributed by atoms with Gasteiger partial charge in [0.25, 0.3) is 0 Å². The summed E-state index contributed by atoms with van der Waals surface area (Å²) in [5.41, 5.74) is 2.61. The van der Waals surface area contributed by atoms with E-state index in [0.29, 0.717) is 0 Å². The molecular formula is C37H51N3O2S2. The number of fused-ring (bicyclic) bond motifs is 4. The van der Waals surface area contributed by atoms with Crippen LogP contribution in [0.25, 0.3) is 6.08 Å². The molecule has 0 bridgehead atoms. The molecule has 0 N–H and O–H groups in total. The Labute approximate surface area is 273 Å². The van der Waals surface area contributed by atoms with Crippen LogP contribution in [0.3, 0.4) is 0 Å². The van der Waals surface area contributed by atoms with Crippen LogP contribution in [0.5, 0.6) is 0 Å². The van der Waals surface area contributed by atoms with E-state index in [2.05, 4.69) is 44.8 Å². The van der Waals surface area contributed by atoms with Crippen molar-refractivity contribution in [2.75, 3.05) is 39.3 Å². The molecule has 2 aliphatic carbocycles. The smallest absolute Gasteiger partial charge is 0.150 e. The lowest BCUT2D eigenvalue weighted by Gasteiger charge is -2.46. The molecule has 7 heteroatoms. The molecule has 2 saturated carbocycles. The third kappa shape index (κ3) is 6.72. The molecule has 4 aliphatic heterocycles. The second-order valence-corrected chi connectivity index (χ2v) is 16.4. The molecule has 4 fully saturated rings. The van der Waals surface area contributed by atoms with Gasteiger partial charge in [-0.2, -0.15) is 5.26 Å². The van der Waals surface area contributed by atoms with Gasteiger partial charge in [0.15, 0.2) is 0 Å². The average molecular weight is 634 g/mol. The molecule has 8 rings (SSSR count). The first kappa shape index (κ1) is 30.9. The normalized spacial score (nSPS) is 27.1. The predicted molar refractivity (Wildman–Crippen MR) is 181 cm³/mol. The first-order chi connectivity index (χ1) is 21.6. The molecule has 0 radical (unpaired) electrons. The van der Waals surface area contributed by atoms with Crippen molar-refractivity contribution in [3.8, 4) is 6.07 Å². The van der Waals surface area contributed by atoms with Gasteiger partial charge < -0.3 is 19.3 Å². The van der Waals surface area contributed by atoms with E-state index < -0.39 is 0 Å². The number of piperidine rings is 2. The third-order valence-corrected chi connectivity index (χ3v) is 13.5. The molecule has 1 atom stereocenters. The van der Waals surface area contributed by atoms with Gasteiger partial charge in [-0.25, -0.2) is 0 Å². The number of rotatable bonds is 4. The molecule has 1 unspecified atom stereocenters. The predicted octanol–water partition coefficient (Wildman–Crippen LogP) is 8.70. The zero-order valence-electron chi connectivity index (χ0n) is 26.5. The number of hydrogen-bond acceptors (Lipinski definition) is 7. The first-order valence-corrected chi connectivity index (χ1v) is 19.4. The van der Waals surface area contributed by atoms with Crippen LogP contribution in [0.4, 0.5) is 0 Å². The van der Waals surface area contributed by atoms with Gasteiger partial charge in [-0.15, -0.1) is 22.7 Å². The minimum Gasteiger partial charge on any atom is -0.490 e. The molecule has 6 heterocycles. The van der Waals surface area contributed by atoms with Gasteiger partial charge in [-0.05, 0) is 84.9 Å². The topological polar surface area (TPSA) is 48.7 Å². The van der Waals surface area contributed by atoms with Crippen LogP contribution < -0.4 is 0 Å². The van der Waals surface area contributed by atoms with E-state index in [4.69, 9.17) is 9.47 Å². The number of nitrogens with zero attached hydrogens (tertiary/aromatic N) is 3. The largest absolute Gasteiger partial charge is 0.490 e. The van der Waals surface area contributed by atoms with E-state index in [9.17, 15) is 5.26 Å². The Morgan fingerprint density at radius 2 is 1.32 bits per heavy atom. The fourth-order valence-corrected chi connectivity index (χ4v) is 10.9. The van der Waals surface area contributed by atoms with Crippen LogP contribution in [0.2, 0.25) is 0 Å². The molecule has 2 saturated heterocycles. The van der Waals surface area contributed by atoms with Crippen LogP contribution in [0, 0.1) is 23.2 Å². The van der Waals surface area contributed by atoms with Crippen molar-refractivity contribution in [2.24, 2.45) is 11.8 Å². The fraction of sp³-hybridized carbons (Fsp3) is 0.703. The Hall–Kier alpha value is -1.69. The van der Waals surface area contributed by atoms with Crippen LogP contribution in [0.1, 0.15) is 111 Å². The van der Waals surface area contributed by atoms with Crippen molar-refractivity contribution in [3.05, 3.63) is 50.0 Å². The SMILES string of the molecule is C1=Cc2sccc2C2(CCN(CC3CCCCC3)CC2)O1.N#CC1Cc2sccc2C2(CCN(CC3CCCCC3)CC2)O1. The molecule has 2 aromatic rings. The summed E-state index contributed by atoms with van der Waals surface area (Å²) in [6.07, 6.45) is 23.3. The lowest BCUT2D eigenvalue weighted by molar-refractivity contribution is -0.122. The molecule has 2 aromatic heterocycles. The molecule has 6 aliphatic rings. The van der Waals surface area contributed by atoms with Gasteiger partial charge in [0.2, 0.25) is 0 Å². The number of ether oxygens (including phenoxy) is 2. The van der Waals surface area contributed by atoms with Gasteiger partial charge in [0.05, 0.1) is 17.9 Å². The third-order valence-electron chi connectivity index (χ3n) is 11.6. The number of thiophene rings is 2. The van der Waals surface area contributed by atoms with Gasteiger partial charge in [-0.3, -0.25) is 0 Å². The van der Waals surface area contributed by atoms with Crippen LogP contribution in [-0.4, -0.2) is 55.2 Å². The lowest BCUT2D eigenvalue weighted by atomic mass is 9.81. The summed E-state index contributed by atoms with van der Waals surface area (Å²) in [7, 11) is 0. The highest BCUT2D eigenvalue weighted by Crippen LogP contribution is 2.46. The number of nitriles is 1. The maximum atomic E-state index is 9.36. The summed E-state index contributed by atoms with van der Waals surface area (Å²) in [5.74, 6) is 1.87. The summed E-state index contributed by atoms with van der Waals surface area (Å²) >= 11 is 3.64. The Morgan fingerprint density at radius 1 is 0.750 bits per heavy atom. The van der Waals surface area contributed by atoms with Crippen LogP contribution in [0.15, 0.2) is 29.2 Å². The zero-order chi connectivity index (χ0) is 29.8. The Balaban J connectivity index is 0.000000143. The number of likely N-dealkylation sites (tertiary alicyclic amines) is 2. The number of hydrogen-bond donors (Lipinski definition) is 0. The minimum absolute atomic E-state index is 0.0207. The van der Waals surface area contributed by atoms with Gasteiger partial charge in [-0.1, -0.05) is 38.5 Å². The Kier molecular flexibility index (Phi) is 9.82. The van der Waals surface area contributed by atoms with Gasteiger partial charge in [0, 0.05) is 73.8 Å². The van der Waals surface area contributed by atoms with Crippen molar-refractivity contribution in [1.29, 1.82) is 5.26 Å². The van der Waals surface area contributed by atoms with Crippen molar-refractivity contribution < 1.29 is 9.47 Å². The summed E-state index contributed by atoms with van der Waals surface area (Å²) in [4.78, 5) is 8.12.